The molecule has 0 aliphatic carbocycles. The summed E-state index contributed by atoms with van der Waals surface area (Å²) < 4.78 is 8.95. The van der Waals surface area contributed by atoms with Crippen LogP contribution in [0, 0.1) is 0 Å². The molecular weight excluding hydrogens is 825 g/mol. The molecular formula is C65H46N2O. The Balaban J connectivity index is 1.01. The number of benzene rings is 10. The second kappa shape index (κ2) is 17.1. The molecule has 0 N–H and O–H groups in total. The molecule has 3 nitrogen and oxygen atoms in total. The lowest BCUT2D eigenvalue weighted by atomic mass is 9.93. The van der Waals surface area contributed by atoms with Crippen molar-refractivity contribution in [1.29, 1.82) is 0 Å². The summed E-state index contributed by atoms with van der Waals surface area (Å²) in [5, 5.41) is 6.01. The summed E-state index contributed by atoms with van der Waals surface area (Å²) in [6.07, 6.45) is 5.94. The molecule has 12 rings (SSSR count). The van der Waals surface area contributed by atoms with Crippen molar-refractivity contribution in [3.63, 3.8) is 0 Å². The fourth-order valence-corrected chi connectivity index (χ4v) is 10.2. The number of hydrogen-bond donors (Lipinski definition) is 0. The Hall–Kier alpha value is -8.92. The predicted octanol–water partition coefficient (Wildman–Crippen LogP) is 18.5. The van der Waals surface area contributed by atoms with Crippen LogP contribution in [0.5, 0.6) is 0 Å². The molecule has 0 spiro atoms. The van der Waals surface area contributed by atoms with Crippen LogP contribution in [0.4, 0.5) is 17.1 Å². The lowest BCUT2D eigenvalue weighted by Crippen LogP contribution is -2.11. The highest BCUT2D eigenvalue weighted by Crippen LogP contribution is 2.46. The molecule has 0 aliphatic heterocycles. The Morgan fingerprint density at radius 2 is 0.985 bits per heavy atom. The number of anilines is 3. The van der Waals surface area contributed by atoms with Crippen LogP contribution in [-0.4, -0.2) is 4.57 Å². The molecule has 2 heterocycles. The molecule has 0 radical (unpaired) electrons. The second-order valence-electron chi connectivity index (χ2n) is 17.2. The van der Waals surface area contributed by atoms with E-state index in [4.69, 9.17) is 4.42 Å². The van der Waals surface area contributed by atoms with Gasteiger partial charge in [-0.15, -0.1) is 0 Å². The van der Waals surface area contributed by atoms with Gasteiger partial charge in [0.15, 0.2) is 0 Å². The zero-order valence-corrected chi connectivity index (χ0v) is 37.7. The molecule has 0 bridgehead atoms. The maximum atomic E-state index is 6.53. The highest BCUT2D eigenvalue weighted by molar-refractivity contribution is 6.10. The highest BCUT2D eigenvalue weighted by atomic mass is 16.3. The van der Waals surface area contributed by atoms with Gasteiger partial charge in [0.1, 0.15) is 11.3 Å². The molecule has 0 atom stereocenters. The SMILES string of the molecule is C=Cc1oc2c(-c3ccccc3-c3ccc(N(c4ccc(-c5ccc6ccccc6c5)cc4)c4ccccc4-c4ccccc4-n4c5ccccc5c5ccccc54)cc3)cccc2c1/C=C\C. The third-order valence-corrected chi connectivity index (χ3v) is 13.3. The molecule has 12 aromatic rings. The number of nitrogens with zero attached hydrogens (tertiary/aromatic N) is 2. The summed E-state index contributed by atoms with van der Waals surface area (Å²) in [5.74, 6) is 0.774. The van der Waals surface area contributed by atoms with Gasteiger partial charge in [-0.3, -0.25) is 0 Å². The summed E-state index contributed by atoms with van der Waals surface area (Å²) in [6.45, 7) is 6.09. The summed E-state index contributed by atoms with van der Waals surface area (Å²) >= 11 is 0. The molecule has 68 heavy (non-hydrogen) atoms. The highest BCUT2D eigenvalue weighted by Gasteiger charge is 2.22. The van der Waals surface area contributed by atoms with Crippen molar-refractivity contribution in [1.82, 2.24) is 4.57 Å². The fraction of sp³-hybridized carbons (Fsp3) is 0.0154. The third kappa shape index (κ3) is 6.92. The number of para-hydroxylation sites is 5. The first-order valence-corrected chi connectivity index (χ1v) is 23.2. The molecule has 0 saturated heterocycles. The first kappa shape index (κ1) is 40.6. The van der Waals surface area contributed by atoms with Gasteiger partial charge in [-0.05, 0) is 106 Å². The van der Waals surface area contributed by atoms with Gasteiger partial charge in [-0.2, -0.15) is 0 Å². The normalized spacial score (nSPS) is 11.6. The second-order valence-corrected chi connectivity index (χ2v) is 17.2. The molecule has 322 valence electrons. The van der Waals surface area contributed by atoms with Crippen LogP contribution in [0.15, 0.2) is 248 Å². The van der Waals surface area contributed by atoms with E-state index in [1.54, 1.807) is 6.08 Å². The van der Waals surface area contributed by atoms with E-state index in [-0.39, 0.29) is 0 Å². The van der Waals surface area contributed by atoms with Crippen molar-refractivity contribution in [2.45, 2.75) is 6.92 Å². The quantitative estimate of drug-likeness (QED) is 0.137. The minimum absolute atomic E-state index is 0.774. The van der Waals surface area contributed by atoms with E-state index >= 15 is 0 Å². The van der Waals surface area contributed by atoms with E-state index < -0.39 is 0 Å². The maximum Gasteiger partial charge on any atom is 0.143 e. The van der Waals surface area contributed by atoms with Gasteiger partial charge in [0.05, 0.1) is 22.4 Å². The Morgan fingerprint density at radius 3 is 1.69 bits per heavy atom. The third-order valence-electron chi connectivity index (χ3n) is 13.3. The smallest absolute Gasteiger partial charge is 0.143 e. The zero-order chi connectivity index (χ0) is 45.6. The van der Waals surface area contributed by atoms with Crippen LogP contribution < -0.4 is 4.90 Å². The first-order valence-electron chi connectivity index (χ1n) is 23.2. The number of rotatable bonds is 10. The molecule has 3 heteroatoms. The number of furan rings is 1. The molecule has 2 aromatic heterocycles. The van der Waals surface area contributed by atoms with Crippen molar-refractivity contribution >= 4 is 72.8 Å². The molecule has 0 aliphatic rings. The van der Waals surface area contributed by atoms with Gasteiger partial charge >= 0.3 is 0 Å². The van der Waals surface area contributed by atoms with Crippen LogP contribution in [0.2, 0.25) is 0 Å². The average molecular weight is 871 g/mol. The lowest BCUT2D eigenvalue weighted by Gasteiger charge is -2.29. The van der Waals surface area contributed by atoms with Crippen molar-refractivity contribution in [3.05, 3.63) is 255 Å². The number of hydrogen-bond acceptors (Lipinski definition) is 2. The van der Waals surface area contributed by atoms with Crippen molar-refractivity contribution in [2.24, 2.45) is 0 Å². The lowest BCUT2D eigenvalue weighted by molar-refractivity contribution is 0.604. The van der Waals surface area contributed by atoms with Gasteiger partial charge in [0, 0.05) is 49.8 Å². The van der Waals surface area contributed by atoms with Crippen molar-refractivity contribution in [2.75, 3.05) is 4.90 Å². The van der Waals surface area contributed by atoms with E-state index in [2.05, 4.69) is 253 Å². The molecule has 0 amide bonds. The van der Waals surface area contributed by atoms with E-state index in [0.717, 1.165) is 78.4 Å². The van der Waals surface area contributed by atoms with Gasteiger partial charge in [0.25, 0.3) is 0 Å². The number of aromatic nitrogens is 1. The number of fused-ring (bicyclic) bond motifs is 5. The molecule has 0 unspecified atom stereocenters. The van der Waals surface area contributed by atoms with E-state index in [1.807, 2.05) is 13.0 Å². The first-order chi connectivity index (χ1) is 33.7. The van der Waals surface area contributed by atoms with Crippen LogP contribution in [0.1, 0.15) is 18.2 Å². The number of allylic oxidation sites excluding steroid dienone is 1. The predicted molar refractivity (Wildman–Crippen MR) is 289 cm³/mol. The summed E-state index contributed by atoms with van der Waals surface area (Å²) in [5.41, 5.74) is 17.6. The fourth-order valence-electron chi connectivity index (χ4n) is 10.2. The van der Waals surface area contributed by atoms with E-state index in [1.165, 1.54) is 43.7 Å². The Labute approximate surface area is 396 Å². The molecule has 10 aromatic carbocycles. The van der Waals surface area contributed by atoms with Crippen molar-refractivity contribution < 1.29 is 4.42 Å². The van der Waals surface area contributed by atoms with E-state index in [9.17, 15) is 0 Å². The zero-order valence-electron chi connectivity index (χ0n) is 37.7. The van der Waals surface area contributed by atoms with Gasteiger partial charge in [-0.25, -0.2) is 0 Å². The Morgan fingerprint density at radius 1 is 0.441 bits per heavy atom. The van der Waals surface area contributed by atoms with Crippen LogP contribution >= 0.6 is 0 Å². The topological polar surface area (TPSA) is 21.3 Å². The molecule has 0 fully saturated rings. The van der Waals surface area contributed by atoms with Crippen LogP contribution in [-0.2, 0) is 0 Å². The van der Waals surface area contributed by atoms with Crippen LogP contribution in [0.3, 0.4) is 0 Å². The van der Waals surface area contributed by atoms with E-state index in [0.29, 0.717) is 0 Å². The standard InChI is InChI=1S/C65H46N2O/c1-3-18-57-59-28-17-27-58(65(59)68-64(57)4-2)52-22-8-7-21-51(52)46-37-41-50(42-38-46)66(49-39-35-45(36-40-49)48-34-33-44-19-5-6-20-47(44)43-48)60-29-13-9-23-53(60)54-24-10-14-30-61(54)67-62-31-15-11-25-55(62)56-26-12-16-32-63(56)67/h3-43H,2H2,1H3/b18-3-. The van der Waals surface area contributed by atoms with Gasteiger partial charge in [-0.1, -0.05) is 195 Å². The summed E-state index contributed by atoms with van der Waals surface area (Å²) in [6, 6.07) is 83.4. The monoisotopic (exact) mass is 870 g/mol. The summed E-state index contributed by atoms with van der Waals surface area (Å²) in [4.78, 5) is 2.40. The minimum atomic E-state index is 0.774. The largest absolute Gasteiger partial charge is 0.455 e. The average Bonchev–Trinajstić information content (AvgIpc) is 3.94. The maximum absolute atomic E-state index is 6.53. The Bertz CT molecular complexity index is 3830. The summed E-state index contributed by atoms with van der Waals surface area (Å²) in [7, 11) is 0. The van der Waals surface area contributed by atoms with Gasteiger partial charge < -0.3 is 13.9 Å². The minimum Gasteiger partial charge on any atom is -0.455 e. The van der Waals surface area contributed by atoms with Gasteiger partial charge in [0.2, 0.25) is 0 Å². The Kier molecular flexibility index (Phi) is 10.2. The van der Waals surface area contributed by atoms with Crippen LogP contribution in [0.25, 0.3) is 106 Å². The molecule has 0 saturated carbocycles. The van der Waals surface area contributed by atoms with Crippen molar-refractivity contribution in [3.8, 4) is 50.2 Å².